The van der Waals surface area contributed by atoms with E-state index in [0.717, 1.165) is 41.2 Å². The van der Waals surface area contributed by atoms with E-state index in [4.69, 9.17) is 15.2 Å². The monoisotopic (exact) mass is 368 g/mol. The number of methoxy groups -OCH3 is 1. The molecule has 3 rings (SSSR count). The van der Waals surface area contributed by atoms with Crippen molar-refractivity contribution in [3.8, 4) is 11.5 Å². The molecule has 5 nitrogen and oxygen atoms in total. The van der Waals surface area contributed by atoms with Gasteiger partial charge in [0.1, 0.15) is 0 Å². The van der Waals surface area contributed by atoms with Crippen molar-refractivity contribution in [1.29, 1.82) is 0 Å². The van der Waals surface area contributed by atoms with Crippen LogP contribution >= 0.6 is 0 Å². The van der Waals surface area contributed by atoms with Gasteiger partial charge in [-0.3, -0.25) is 4.79 Å². The average Bonchev–Trinajstić information content (AvgIpc) is 3.19. The van der Waals surface area contributed by atoms with Crippen LogP contribution in [-0.4, -0.2) is 19.1 Å². The lowest BCUT2D eigenvalue weighted by atomic mass is 10.1. The van der Waals surface area contributed by atoms with E-state index in [1.807, 2.05) is 42.5 Å². The zero-order valence-corrected chi connectivity index (χ0v) is 15.9. The van der Waals surface area contributed by atoms with E-state index in [1.54, 1.807) is 7.11 Å². The van der Waals surface area contributed by atoms with E-state index < -0.39 is 0 Å². The molecule has 0 spiro atoms. The van der Waals surface area contributed by atoms with Crippen molar-refractivity contribution in [2.24, 2.45) is 0 Å². The van der Waals surface area contributed by atoms with Crippen molar-refractivity contribution in [1.82, 2.24) is 5.32 Å². The Balaban J connectivity index is 1.53. The molecule has 0 unspecified atom stereocenters. The molecule has 3 N–H and O–H groups in total. The van der Waals surface area contributed by atoms with Crippen LogP contribution in [0.2, 0.25) is 0 Å². The van der Waals surface area contributed by atoms with Crippen molar-refractivity contribution in [2.45, 2.75) is 51.2 Å². The summed E-state index contributed by atoms with van der Waals surface area (Å²) in [5.41, 5.74) is 8.66. The Hall–Kier alpha value is -2.69. The molecule has 5 heteroatoms. The Bertz CT molecular complexity index is 770. The molecule has 27 heavy (non-hydrogen) atoms. The summed E-state index contributed by atoms with van der Waals surface area (Å²) in [6, 6.07) is 13.5. The second-order valence-electron chi connectivity index (χ2n) is 6.99. The van der Waals surface area contributed by atoms with E-state index in [9.17, 15) is 4.79 Å². The lowest BCUT2D eigenvalue weighted by Gasteiger charge is -2.17. The maximum atomic E-state index is 12.2. The molecule has 144 valence electrons. The molecule has 0 radical (unpaired) electrons. The number of para-hydroxylation sites is 1. The molecule has 0 atom stereocenters. The molecular formula is C22H28N2O3. The first-order valence-electron chi connectivity index (χ1n) is 9.59. The third-order valence-electron chi connectivity index (χ3n) is 4.99. The fourth-order valence-corrected chi connectivity index (χ4v) is 3.41. The Morgan fingerprint density at radius 1 is 1.15 bits per heavy atom. The van der Waals surface area contributed by atoms with Gasteiger partial charge in [0.05, 0.1) is 13.2 Å². The van der Waals surface area contributed by atoms with Crippen LogP contribution in [0.5, 0.6) is 11.5 Å². The zero-order chi connectivity index (χ0) is 19.1. The predicted molar refractivity (Wildman–Crippen MR) is 107 cm³/mol. The number of amides is 1. The maximum Gasteiger partial charge on any atom is 0.220 e. The molecule has 1 saturated carbocycles. The quantitative estimate of drug-likeness (QED) is 0.694. The molecule has 0 saturated heterocycles. The molecule has 1 fully saturated rings. The highest BCUT2D eigenvalue weighted by molar-refractivity contribution is 5.76. The Morgan fingerprint density at radius 2 is 1.93 bits per heavy atom. The van der Waals surface area contributed by atoms with Gasteiger partial charge < -0.3 is 20.5 Å². The second-order valence-corrected chi connectivity index (χ2v) is 6.99. The van der Waals surface area contributed by atoms with E-state index >= 15 is 0 Å². The standard InChI is InChI=1S/C22H28N2O3/c1-26-20-12-10-16(14-21(20)27-18-7-3-4-8-18)15-24-22(25)13-11-17-6-2-5-9-19(17)23/h2,5-6,9-10,12,14,18H,3-4,7-8,11,13,15,23H2,1H3,(H,24,25). The lowest BCUT2D eigenvalue weighted by molar-refractivity contribution is -0.121. The molecule has 2 aromatic rings. The molecule has 0 aromatic heterocycles. The number of nitrogens with one attached hydrogen (secondary N) is 1. The number of carbonyl (C=O) groups is 1. The maximum absolute atomic E-state index is 12.2. The first-order chi connectivity index (χ1) is 13.2. The minimum Gasteiger partial charge on any atom is -0.493 e. The third kappa shape index (κ3) is 5.39. The largest absolute Gasteiger partial charge is 0.493 e. The number of nitrogen functional groups attached to an aromatic ring is 1. The number of benzene rings is 2. The average molecular weight is 368 g/mol. The highest BCUT2D eigenvalue weighted by Crippen LogP contribution is 2.32. The van der Waals surface area contributed by atoms with Crippen molar-refractivity contribution in [3.63, 3.8) is 0 Å². The Morgan fingerprint density at radius 3 is 2.67 bits per heavy atom. The number of ether oxygens (including phenoxy) is 2. The van der Waals surface area contributed by atoms with Gasteiger partial charge in [0.2, 0.25) is 5.91 Å². The van der Waals surface area contributed by atoms with Crippen LogP contribution in [0, 0.1) is 0 Å². The van der Waals surface area contributed by atoms with Crippen molar-refractivity contribution in [2.75, 3.05) is 12.8 Å². The second kappa shape index (κ2) is 9.31. The van der Waals surface area contributed by atoms with Crippen LogP contribution in [0.15, 0.2) is 42.5 Å². The number of hydrogen-bond donors (Lipinski definition) is 2. The topological polar surface area (TPSA) is 73.6 Å². The van der Waals surface area contributed by atoms with Crippen LogP contribution in [-0.2, 0) is 17.8 Å². The van der Waals surface area contributed by atoms with Crippen LogP contribution in [0.3, 0.4) is 0 Å². The minimum atomic E-state index is 0.00679. The number of nitrogens with two attached hydrogens (primary N) is 1. The predicted octanol–water partition coefficient (Wildman–Crippen LogP) is 3.85. The van der Waals surface area contributed by atoms with Gasteiger partial charge in [-0.1, -0.05) is 24.3 Å². The molecule has 2 aromatic carbocycles. The summed E-state index contributed by atoms with van der Waals surface area (Å²) in [5.74, 6) is 1.50. The molecule has 0 bridgehead atoms. The lowest BCUT2D eigenvalue weighted by Crippen LogP contribution is -2.23. The smallest absolute Gasteiger partial charge is 0.220 e. The summed E-state index contributed by atoms with van der Waals surface area (Å²) in [4.78, 5) is 12.2. The fraction of sp³-hybridized carbons (Fsp3) is 0.409. The molecule has 1 amide bonds. The van der Waals surface area contributed by atoms with E-state index in [2.05, 4.69) is 5.32 Å². The van der Waals surface area contributed by atoms with Gasteiger partial charge in [0.15, 0.2) is 11.5 Å². The SMILES string of the molecule is COc1ccc(CNC(=O)CCc2ccccc2N)cc1OC1CCCC1. The molecule has 1 aliphatic carbocycles. The van der Waals surface area contributed by atoms with Crippen LogP contribution in [0.4, 0.5) is 5.69 Å². The van der Waals surface area contributed by atoms with Crippen LogP contribution < -0.4 is 20.5 Å². The van der Waals surface area contributed by atoms with Crippen molar-refractivity contribution < 1.29 is 14.3 Å². The van der Waals surface area contributed by atoms with E-state index in [-0.39, 0.29) is 12.0 Å². The Kier molecular flexibility index (Phi) is 6.58. The number of aryl methyl sites for hydroxylation is 1. The van der Waals surface area contributed by atoms with Gasteiger partial charge in [-0.05, 0) is 61.4 Å². The van der Waals surface area contributed by atoms with Gasteiger partial charge >= 0.3 is 0 Å². The number of carbonyl (C=O) groups excluding carboxylic acids is 1. The van der Waals surface area contributed by atoms with E-state index in [1.165, 1.54) is 12.8 Å². The summed E-state index contributed by atoms with van der Waals surface area (Å²) in [5, 5.41) is 2.97. The zero-order valence-electron chi connectivity index (χ0n) is 15.9. The first-order valence-corrected chi connectivity index (χ1v) is 9.59. The van der Waals surface area contributed by atoms with Crippen LogP contribution in [0.25, 0.3) is 0 Å². The highest BCUT2D eigenvalue weighted by Gasteiger charge is 2.18. The van der Waals surface area contributed by atoms with Gasteiger partial charge in [-0.15, -0.1) is 0 Å². The highest BCUT2D eigenvalue weighted by atomic mass is 16.5. The van der Waals surface area contributed by atoms with Gasteiger partial charge in [-0.2, -0.15) is 0 Å². The number of rotatable bonds is 8. The summed E-state index contributed by atoms with van der Waals surface area (Å²) in [6.45, 7) is 0.466. The van der Waals surface area contributed by atoms with Crippen molar-refractivity contribution >= 4 is 11.6 Å². The molecule has 0 aliphatic heterocycles. The number of anilines is 1. The van der Waals surface area contributed by atoms with Gasteiger partial charge in [-0.25, -0.2) is 0 Å². The Labute approximate surface area is 160 Å². The summed E-state index contributed by atoms with van der Waals surface area (Å²) in [7, 11) is 1.65. The molecule has 1 aliphatic rings. The van der Waals surface area contributed by atoms with Crippen LogP contribution in [0.1, 0.15) is 43.2 Å². The minimum absolute atomic E-state index is 0.00679. The normalized spacial score (nSPS) is 14.1. The number of hydrogen-bond acceptors (Lipinski definition) is 4. The molecule has 0 heterocycles. The third-order valence-corrected chi connectivity index (χ3v) is 4.99. The first kappa shape index (κ1) is 19.1. The summed E-state index contributed by atoms with van der Waals surface area (Å²) >= 11 is 0. The molecular weight excluding hydrogens is 340 g/mol. The fourth-order valence-electron chi connectivity index (χ4n) is 3.41. The van der Waals surface area contributed by atoms with E-state index in [0.29, 0.717) is 19.4 Å². The van der Waals surface area contributed by atoms with Crippen molar-refractivity contribution in [3.05, 3.63) is 53.6 Å². The summed E-state index contributed by atoms with van der Waals surface area (Å²) in [6.07, 6.45) is 5.93. The van der Waals surface area contributed by atoms with Gasteiger partial charge in [0.25, 0.3) is 0 Å². The summed E-state index contributed by atoms with van der Waals surface area (Å²) < 4.78 is 11.5. The van der Waals surface area contributed by atoms with Gasteiger partial charge in [0, 0.05) is 18.7 Å².